The molecule has 1 amide bonds. The zero-order valence-corrected chi connectivity index (χ0v) is 19.5. The van der Waals surface area contributed by atoms with E-state index in [1.165, 1.54) is 0 Å². The molecule has 1 saturated heterocycles. The second-order valence-corrected chi connectivity index (χ2v) is 9.39. The van der Waals surface area contributed by atoms with E-state index in [2.05, 4.69) is 11.2 Å². The van der Waals surface area contributed by atoms with Crippen molar-refractivity contribution in [2.45, 2.75) is 37.9 Å². The van der Waals surface area contributed by atoms with Crippen LogP contribution in [0.15, 0.2) is 48.7 Å². The number of likely N-dealkylation sites (tertiary alicyclic amines) is 1. The Bertz CT molecular complexity index is 1220. The summed E-state index contributed by atoms with van der Waals surface area (Å²) in [6.45, 7) is 4.55. The minimum atomic E-state index is -1.06. The quantitative estimate of drug-likeness (QED) is 0.652. The zero-order valence-electron chi connectivity index (χ0n) is 19.5. The Labute approximate surface area is 195 Å². The fourth-order valence-electron chi connectivity index (χ4n) is 5.06. The van der Waals surface area contributed by atoms with E-state index in [1.54, 1.807) is 39.2 Å². The lowest BCUT2D eigenvalue weighted by Crippen LogP contribution is -2.49. The summed E-state index contributed by atoms with van der Waals surface area (Å²) in [6.07, 6.45) is 3.28. The molecule has 3 aromatic rings. The van der Waals surface area contributed by atoms with Gasteiger partial charge in [0.2, 0.25) is 0 Å². The highest BCUT2D eigenvalue weighted by molar-refractivity contribution is 5.95. The lowest BCUT2D eigenvalue weighted by Gasteiger charge is -2.44. The predicted octanol–water partition coefficient (Wildman–Crippen LogP) is 4.09. The Hall–Kier alpha value is -3.32. The fourth-order valence-corrected chi connectivity index (χ4v) is 5.06. The Morgan fingerprint density at radius 2 is 1.94 bits per heavy atom. The lowest BCUT2D eigenvalue weighted by molar-refractivity contribution is -0.00175. The van der Waals surface area contributed by atoms with Crippen molar-refractivity contribution in [3.05, 3.63) is 65.4 Å². The first-order chi connectivity index (χ1) is 15.7. The summed E-state index contributed by atoms with van der Waals surface area (Å²) in [4.78, 5) is 15.2. The number of rotatable bonds is 3. The predicted molar refractivity (Wildman–Crippen MR) is 126 cm³/mol. The van der Waals surface area contributed by atoms with E-state index in [0.29, 0.717) is 42.8 Å². The Balaban J connectivity index is 0.00000274. The molecule has 7 heteroatoms. The van der Waals surface area contributed by atoms with Gasteiger partial charge >= 0.3 is 0 Å². The van der Waals surface area contributed by atoms with Gasteiger partial charge in [0.05, 0.1) is 24.6 Å². The van der Waals surface area contributed by atoms with Crippen molar-refractivity contribution < 1.29 is 20.8 Å². The van der Waals surface area contributed by atoms with Crippen molar-refractivity contribution in [1.29, 1.82) is 0 Å². The molecule has 7 nitrogen and oxygen atoms in total. The molecule has 0 unspecified atom stereocenters. The van der Waals surface area contributed by atoms with Crippen LogP contribution in [0.5, 0.6) is 11.5 Å². The van der Waals surface area contributed by atoms with E-state index in [-0.39, 0.29) is 7.33 Å². The molecule has 3 heterocycles. The monoisotopic (exact) mass is 449 g/mol. The number of para-hydroxylation sites is 1. The number of hydrogen-bond donors (Lipinski definition) is 1. The molecule has 0 radical (unpaired) electrons. The average Bonchev–Trinajstić information content (AvgIpc) is 3.21. The smallest absolute Gasteiger partial charge is 0.253 e. The molecule has 5 rings (SSSR count). The molecule has 33 heavy (non-hydrogen) atoms. The first-order valence-electron chi connectivity index (χ1n) is 11.2. The minimum Gasteiger partial charge on any atom is -0.496 e. The third-order valence-electron chi connectivity index (χ3n) is 6.84. The number of ether oxygens (including phenoxy) is 2. The molecule has 0 saturated carbocycles. The number of aromatic nitrogens is 2. The minimum absolute atomic E-state index is 0. The highest BCUT2D eigenvalue weighted by atomic mass is 16.5. The highest BCUT2D eigenvalue weighted by Gasteiger charge is 2.46. The zero-order chi connectivity index (χ0) is 23.4. The normalized spacial score (nSPS) is 16.7. The molecule has 2 aliphatic rings. The van der Waals surface area contributed by atoms with Crippen LogP contribution in [0, 0.1) is 0 Å². The number of benzene rings is 2. The van der Waals surface area contributed by atoms with Crippen molar-refractivity contribution in [2.75, 3.05) is 20.2 Å². The van der Waals surface area contributed by atoms with Gasteiger partial charge in [0.15, 0.2) is 0 Å². The number of aryl methyl sites for hydroxylation is 1. The third kappa shape index (κ3) is 3.47. The van der Waals surface area contributed by atoms with Gasteiger partial charge in [0.1, 0.15) is 17.1 Å². The van der Waals surface area contributed by atoms with Crippen LogP contribution >= 0.6 is 0 Å². The molecule has 1 spiro atoms. The van der Waals surface area contributed by atoms with E-state index in [9.17, 15) is 9.90 Å². The summed E-state index contributed by atoms with van der Waals surface area (Å²) < 4.78 is 13.9. The highest BCUT2D eigenvalue weighted by Crippen LogP contribution is 2.49. The summed E-state index contributed by atoms with van der Waals surface area (Å²) in [5.74, 6) is 1.32. The Morgan fingerprint density at radius 3 is 2.64 bits per heavy atom. The van der Waals surface area contributed by atoms with Crippen molar-refractivity contribution >= 4 is 5.91 Å². The van der Waals surface area contributed by atoms with Gasteiger partial charge in [-0.15, -0.1) is 0 Å². The largest absolute Gasteiger partial charge is 0.496 e. The average molecular weight is 450 g/mol. The maximum absolute atomic E-state index is 13.3. The summed E-state index contributed by atoms with van der Waals surface area (Å²) in [5, 5.41) is 14.9. The van der Waals surface area contributed by atoms with Gasteiger partial charge in [-0.2, -0.15) is 5.10 Å². The standard InChI is InChI=1S/C26H29N3O4.H2/c1-25(2,31)19-10-9-17(15-22(19)32-4)24(30)29-13-11-26(12-14-29)20-16-27-28(3)23(20)18-7-5-6-8-21(18)33-26;/h5-10,15-16,31H,11-14H2,1-4H3;1H. The van der Waals surface area contributed by atoms with Gasteiger partial charge in [0, 0.05) is 56.7 Å². The van der Waals surface area contributed by atoms with Crippen LogP contribution in [0.2, 0.25) is 0 Å². The van der Waals surface area contributed by atoms with Crippen LogP contribution in [0.1, 0.15) is 49.6 Å². The molecule has 1 fully saturated rings. The van der Waals surface area contributed by atoms with Gasteiger partial charge < -0.3 is 19.5 Å². The Kier molecular flexibility index (Phi) is 4.97. The molecule has 2 aliphatic heterocycles. The number of carbonyl (C=O) groups is 1. The number of piperidine rings is 1. The van der Waals surface area contributed by atoms with Crippen LogP contribution in [-0.2, 0) is 18.2 Å². The summed E-state index contributed by atoms with van der Waals surface area (Å²) >= 11 is 0. The molecule has 1 N–H and O–H groups in total. The number of nitrogens with zero attached hydrogens (tertiary/aromatic N) is 3. The Morgan fingerprint density at radius 1 is 1.21 bits per heavy atom. The maximum atomic E-state index is 13.3. The lowest BCUT2D eigenvalue weighted by atomic mass is 9.81. The van der Waals surface area contributed by atoms with Crippen LogP contribution < -0.4 is 9.47 Å². The molecule has 1 aromatic heterocycles. The van der Waals surface area contributed by atoms with Crippen molar-refractivity contribution in [3.63, 3.8) is 0 Å². The molecular formula is C26H31N3O4. The van der Waals surface area contributed by atoms with Gasteiger partial charge in [-0.1, -0.05) is 18.2 Å². The second-order valence-electron chi connectivity index (χ2n) is 9.39. The van der Waals surface area contributed by atoms with E-state index in [0.717, 1.165) is 22.6 Å². The van der Waals surface area contributed by atoms with Crippen LogP contribution in [-0.4, -0.2) is 45.9 Å². The van der Waals surface area contributed by atoms with Gasteiger partial charge in [0.25, 0.3) is 5.91 Å². The molecule has 0 atom stereocenters. The number of methoxy groups -OCH3 is 1. The molecular weight excluding hydrogens is 418 g/mol. The topological polar surface area (TPSA) is 76.8 Å². The van der Waals surface area contributed by atoms with E-state index < -0.39 is 11.2 Å². The van der Waals surface area contributed by atoms with Crippen molar-refractivity contribution in [2.24, 2.45) is 7.05 Å². The van der Waals surface area contributed by atoms with E-state index in [4.69, 9.17) is 9.47 Å². The molecule has 2 aromatic carbocycles. The summed E-state index contributed by atoms with van der Waals surface area (Å²) in [7, 11) is 3.51. The first-order valence-corrected chi connectivity index (χ1v) is 11.2. The fraction of sp³-hybridized carbons (Fsp3) is 0.385. The maximum Gasteiger partial charge on any atom is 0.253 e. The summed E-state index contributed by atoms with van der Waals surface area (Å²) in [5.41, 5.74) is 2.88. The van der Waals surface area contributed by atoms with Gasteiger partial charge in [-0.25, -0.2) is 0 Å². The number of carbonyl (C=O) groups excluding carboxylic acids is 1. The first kappa shape index (κ1) is 21.5. The van der Waals surface area contributed by atoms with E-state index >= 15 is 0 Å². The van der Waals surface area contributed by atoms with Crippen LogP contribution in [0.25, 0.3) is 11.3 Å². The number of amides is 1. The van der Waals surface area contributed by atoms with Gasteiger partial charge in [-0.3, -0.25) is 9.48 Å². The van der Waals surface area contributed by atoms with Crippen LogP contribution in [0.3, 0.4) is 0 Å². The SMILES string of the molecule is COc1cc(C(=O)N2CCC3(CC2)Oc2ccccc2-c2c3cnn2C)ccc1C(C)(C)O.[HH]. The second kappa shape index (κ2) is 7.63. The third-order valence-corrected chi connectivity index (χ3v) is 6.84. The van der Waals surface area contributed by atoms with Gasteiger partial charge in [-0.05, 0) is 38.1 Å². The molecule has 0 aliphatic carbocycles. The molecule has 174 valence electrons. The van der Waals surface area contributed by atoms with Crippen molar-refractivity contribution in [3.8, 4) is 22.8 Å². The van der Waals surface area contributed by atoms with Crippen molar-refractivity contribution in [1.82, 2.24) is 14.7 Å². The number of fused-ring (bicyclic) bond motifs is 4. The van der Waals surface area contributed by atoms with E-state index in [1.807, 2.05) is 41.0 Å². The number of hydrogen-bond acceptors (Lipinski definition) is 5. The molecule has 0 bridgehead atoms. The van der Waals surface area contributed by atoms with Crippen LogP contribution in [0.4, 0.5) is 0 Å². The number of aliphatic hydroxyl groups is 1. The summed E-state index contributed by atoms with van der Waals surface area (Å²) in [6, 6.07) is 13.3.